The Morgan fingerprint density at radius 3 is 1.82 bits per heavy atom. The van der Waals surface area contributed by atoms with Crippen LogP contribution in [0.15, 0.2) is 109 Å². The van der Waals surface area contributed by atoms with Crippen LogP contribution in [-0.4, -0.2) is 57.5 Å². The van der Waals surface area contributed by atoms with Crippen LogP contribution in [0.25, 0.3) is 22.3 Å². The monoisotopic (exact) mass is 668 g/mol. The maximum absolute atomic E-state index is 12.0. The number of carbonyl (C=O) groups excluding carboxylic acids is 2. The number of aliphatic hydroxyl groups is 1. The van der Waals surface area contributed by atoms with Gasteiger partial charge in [-0.15, -0.1) is 0 Å². The summed E-state index contributed by atoms with van der Waals surface area (Å²) in [5.41, 5.74) is 19.2. The van der Waals surface area contributed by atoms with Crippen LogP contribution in [0, 0.1) is 0 Å². The number of benzene rings is 4. The maximum Gasteiger partial charge on any atom is 0.407 e. The normalized spacial score (nSPS) is 14.2. The Balaban J connectivity index is 0.000000305. The van der Waals surface area contributed by atoms with E-state index >= 15 is 0 Å². The molecule has 0 aromatic heterocycles. The molecule has 0 saturated carbocycles. The highest BCUT2D eigenvalue weighted by Crippen LogP contribution is 2.26. The molecule has 260 valence electrons. The zero-order valence-corrected chi connectivity index (χ0v) is 28.6. The van der Waals surface area contributed by atoms with Gasteiger partial charge in [-0.2, -0.15) is 0 Å². The van der Waals surface area contributed by atoms with E-state index in [-0.39, 0.29) is 19.4 Å². The molecule has 2 amide bonds. The maximum atomic E-state index is 12.0. The molecule has 0 fully saturated rings. The highest BCUT2D eigenvalue weighted by atomic mass is 16.6. The van der Waals surface area contributed by atoms with Crippen LogP contribution in [-0.2, 0) is 27.2 Å². The van der Waals surface area contributed by atoms with Gasteiger partial charge in [-0.05, 0) is 67.5 Å². The second-order valence-electron chi connectivity index (χ2n) is 13.5. The fraction of sp³-hybridized carbons (Fsp3) is 0.308. The number of hydrogen-bond donors (Lipinski definition) is 6. The van der Waals surface area contributed by atoms with Crippen molar-refractivity contribution in [3.05, 3.63) is 120 Å². The predicted octanol–water partition coefficient (Wildman–Crippen LogP) is 5.05. The van der Waals surface area contributed by atoms with Crippen molar-refractivity contribution in [2.45, 2.75) is 69.7 Å². The van der Waals surface area contributed by atoms with E-state index in [9.17, 15) is 24.6 Å². The Morgan fingerprint density at radius 1 is 0.776 bits per heavy atom. The summed E-state index contributed by atoms with van der Waals surface area (Å²) >= 11 is 0. The molecule has 4 aromatic carbocycles. The number of alkyl carbamates (subject to hydrolysis) is 1. The summed E-state index contributed by atoms with van der Waals surface area (Å²) in [5.74, 6) is -1.70. The lowest BCUT2D eigenvalue weighted by molar-refractivity contribution is -0.146. The fourth-order valence-corrected chi connectivity index (χ4v) is 5.28. The minimum atomic E-state index is -1.71. The first-order valence-corrected chi connectivity index (χ1v) is 16.0. The van der Waals surface area contributed by atoms with Crippen LogP contribution in [0.5, 0.6) is 0 Å². The van der Waals surface area contributed by atoms with E-state index in [1.54, 1.807) is 20.8 Å². The van der Waals surface area contributed by atoms with Gasteiger partial charge >= 0.3 is 12.1 Å². The van der Waals surface area contributed by atoms with Crippen molar-refractivity contribution >= 4 is 18.0 Å². The van der Waals surface area contributed by atoms with Gasteiger partial charge in [0, 0.05) is 19.4 Å². The lowest BCUT2D eigenvalue weighted by Crippen LogP contribution is -2.57. The molecule has 0 heterocycles. The zero-order chi connectivity index (χ0) is 36.2. The number of carbonyl (C=O) groups is 3. The quantitative estimate of drug-likeness (QED) is 0.121. The summed E-state index contributed by atoms with van der Waals surface area (Å²) in [5, 5.41) is 22.9. The summed E-state index contributed by atoms with van der Waals surface area (Å²) in [7, 11) is 0. The van der Waals surface area contributed by atoms with E-state index in [1.807, 2.05) is 109 Å². The van der Waals surface area contributed by atoms with Crippen molar-refractivity contribution in [2.24, 2.45) is 17.2 Å². The van der Waals surface area contributed by atoms with Crippen LogP contribution < -0.4 is 22.5 Å². The van der Waals surface area contributed by atoms with Crippen molar-refractivity contribution in [1.82, 2.24) is 5.32 Å². The summed E-state index contributed by atoms with van der Waals surface area (Å²) in [6, 6.07) is 34.6. The van der Waals surface area contributed by atoms with Gasteiger partial charge in [-0.25, -0.2) is 4.79 Å². The lowest BCUT2D eigenvalue weighted by Gasteiger charge is -2.33. The van der Waals surface area contributed by atoms with Gasteiger partial charge in [0.2, 0.25) is 5.91 Å². The van der Waals surface area contributed by atoms with E-state index < -0.39 is 40.8 Å². The van der Waals surface area contributed by atoms with Gasteiger partial charge in [0.25, 0.3) is 0 Å². The molecule has 4 rings (SSSR count). The number of nitrogens with one attached hydrogen (secondary N) is 1. The number of amides is 2. The highest BCUT2D eigenvalue weighted by Gasteiger charge is 2.41. The van der Waals surface area contributed by atoms with Crippen molar-refractivity contribution in [3.8, 4) is 22.3 Å². The molecule has 0 saturated heterocycles. The Kier molecular flexibility index (Phi) is 13.2. The number of nitrogens with two attached hydrogens (primary N) is 3. The third kappa shape index (κ3) is 12.5. The number of ether oxygens (including phenoxy) is 1. The summed E-state index contributed by atoms with van der Waals surface area (Å²) in [6.07, 6.45) is -0.464. The largest absolute Gasteiger partial charge is 0.480 e. The van der Waals surface area contributed by atoms with E-state index in [4.69, 9.17) is 21.9 Å². The summed E-state index contributed by atoms with van der Waals surface area (Å²) in [4.78, 5) is 34.9. The third-order valence-electron chi connectivity index (χ3n) is 7.62. The molecule has 4 aromatic rings. The molecule has 9 N–H and O–H groups in total. The van der Waals surface area contributed by atoms with Crippen molar-refractivity contribution in [3.63, 3.8) is 0 Å². The molecule has 0 aliphatic heterocycles. The first kappa shape index (κ1) is 38.4. The molecule has 10 heteroatoms. The van der Waals surface area contributed by atoms with Gasteiger partial charge in [0.1, 0.15) is 11.1 Å². The molecule has 49 heavy (non-hydrogen) atoms. The Hall–Kier alpha value is -5.03. The molecule has 0 radical (unpaired) electrons. The minimum absolute atomic E-state index is 0.0278. The summed E-state index contributed by atoms with van der Waals surface area (Å²) < 4.78 is 5.15. The zero-order valence-electron chi connectivity index (χ0n) is 28.6. The van der Waals surface area contributed by atoms with E-state index in [0.717, 1.165) is 33.4 Å². The van der Waals surface area contributed by atoms with Crippen LogP contribution in [0.3, 0.4) is 0 Å². The van der Waals surface area contributed by atoms with Crippen molar-refractivity contribution < 1.29 is 29.3 Å². The first-order valence-electron chi connectivity index (χ1n) is 16.0. The molecule has 0 aliphatic rings. The predicted molar refractivity (Wildman–Crippen MR) is 192 cm³/mol. The topological polar surface area (TPSA) is 191 Å². The van der Waals surface area contributed by atoms with Crippen LogP contribution in [0.4, 0.5) is 4.79 Å². The molecule has 3 atom stereocenters. The van der Waals surface area contributed by atoms with Gasteiger partial charge in [0.15, 0.2) is 0 Å². The molecule has 1 unspecified atom stereocenters. The molecule has 0 bridgehead atoms. The standard InChI is InChI=1S/C24H32N2O5.C15H16N2O/c1-22(2,3)31-21(29)26-16-23(4,30)15-24(25,20(27)28)14-17-10-12-19(13-11-17)18-8-6-5-7-9-18;16-14(15(17)18)10-12-8-4-5-9-13(12)11-6-2-1-3-7-11/h5-13,30H,14-16,25H2,1-4H3,(H,26,29)(H,27,28);1-9,14H,10,16H2,(H2,17,18)/t23-,24+;/m0./s1. The fourth-order valence-electron chi connectivity index (χ4n) is 5.28. The number of primary amides is 1. The average Bonchev–Trinajstić information content (AvgIpc) is 3.04. The van der Waals surface area contributed by atoms with Gasteiger partial charge in [-0.1, -0.05) is 109 Å². The minimum Gasteiger partial charge on any atom is -0.480 e. The van der Waals surface area contributed by atoms with Crippen molar-refractivity contribution in [2.75, 3.05) is 6.54 Å². The second kappa shape index (κ2) is 16.9. The molecular weight excluding hydrogens is 620 g/mol. The van der Waals surface area contributed by atoms with Crippen molar-refractivity contribution in [1.29, 1.82) is 0 Å². The SMILES string of the molecule is CC(C)(C)OC(=O)NC[C@@](C)(O)C[C@](N)(Cc1ccc(-c2ccccc2)cc1)C(=O)O.NC(=O)C(N)Cc1ccccc1-c1ccccc1. The third-order valence-corrected chi connectivity index (χ3v) is 7.62. The van der Waals surface area contributed by atoms with Crippen LogP contribution in [0.1, 0.15) is 45.2 Å². The number of carboxylic acids is 1. The average molecular weight is 669 g/mol. The van der Waals surface area contributed by atoms with Crippen LogP contribution >= 0.6 is 0 Å². The van der Waals surface area contributed by atoms with Gasteiger partial charge in [-0.3, -0.25) is 9.59 Å². The molecule has 10 nitrogen and oxygen atoms in total. The Labute approximate surface area is 288 Å². The number of hydrogen-bond acceptors (Lipinski definition) is 7. The molecule has 0 spiro atoms. The number of carboxylic acid groups (broad SMARTS) is 1. The Bertz CT molecular complexity index is 1670. The van der Waals surface area contributed by atoms with Gasteiger partial charge in [0.05, 0.1) is 11.6 Å². The van der Waals surface area contributed by atoms with E-state index in [2.05, 4.69) is 5.32 Å². The Morgan fingerprint density at radius 2 is 1.29 bits per heavy atom. The first-order chi connectivity index (χ1) is 23.0. The molecule has 0 aliphatic carbocycles. The number of rotatable bonds is 12. The lowest BCUT2D eigenvalue weighted by atomic mass is 9.81. The second-order valence-corrected chi connectivity index (χ2v) is 13.5. The smallest absolute Gasteiger partial charge is 0.407 e. The molecular formula is C39H48N4O6. The van der Waals surface area contributed by atoms with Gasteiger partial charge < -0.3 is 37.5 Å². The van der Waals surface area contributed by atoms with Crippen LogP contribution in [0.2, 0.25) is 0 Å². The summed E-state index contributed by atoms with van der Waals surface area (Å²) in [6.45, 7) is 6.42. The number of aliphatic carboxylic acids is 1. The van der Waals surface area contributed by atoms with E-state index in [0.29, 0.717) is 6.42 Å². The van der Waals surface area contributed by atoms with E-state index in [1.165, 1.54) is 6.92 Å². The highest BCUT2D eigenvalue weighted by molar-refractivity contribution is 5.81.